The van der Waals surface area contributed by atoms with Crippen LogP contribution >= 0.6 is 0 Å². The van der Waals surface area contributed by atoms with E-state index >= 15 is 0 Å². The molecule has 74 valence electrons. The highest BCUT2D eigenvalue weighted by atomic mass is 16.6. The number of carbonyl (C=O) groups is 1. The summed E-state index contributed by atoms with van der Waals surface area (Å²) in [7, 11) is 0. The molecule has 2 heteroatoms. The predicted octanol–water partition coefficient (Wildman–Crippen LogP) is 2.52. The topological polar surface area (TPSA) is 26.3 Å². The number of hydrogen-bond donors (Lipinski definition) is 0. The van der Waals surface area contributed by atoms with E-state index in [4.69, 9.17) is 4.74 Å². The minimum Gasteiger partial charge on any atom is -0.459 e. The standard InChI is InChI=1S/C11H18O2/c1-8-3-5-11(9(2)7-8)6-4-10(12)13-11/h8-9H,3-7H2,1-2H3. The van der Waals surface area contributed by atoms with Crippen LogP contribution < -0.4 is 0 Å². The average molecular weight is 182 g/mol. The minimum atomic E-state index is -0.0659. The molecule has 0 N–H and O–H groups in total. The molecule has 0 aromatic carbocycles. The molecule has 1 spiro atoms. The molecule has 1 saturated heterocycles. The molecule has 2 rings (SSSR count). The molecule has 1 saturated carbocycles. The van der Waals surface area contributed by atoms with Crippen LogP contribution in [0.15, 0.2) is 0 Å². The van der Waals surface area contributed by atoms with Gasteiger partial charge in [0.2, 0.25) is 0 Å². The molecular weight excluding hydrogens is 164 g/mol. The summed E-state index contributed by atoms with van der Waals surface area (Å²) in [6.45, 7) is 4.52. The molecule has 1 aliphatic carbocycles. The molecule has 0 bridgehead atoms. The fourth-order valence-electron chi connectivity index (χ4n) is 2.84. The van der Waals surface area contributed by atoms with Gasteiger partial charge in [0.25, 0.3) is 0 Å². The Balaban J connectivity index is 2.10. The van der Waals surface area contributed by atoms with Gasteiger partial charge in [-0.1, -0.05) is 13.8 Å². The van der Waals surface area contributed by atoms with Crippen LogP contribution in [0.3, 0.4) is 0 Å². The summed E-state index contributed by atoms with van der Waals surface area (Å²) < 4.78 is 5.51. The maximum atomic E-state index is 11.1. The minimum absolute atomic E-state index is 0.0152. The zero-order valence-electron chi connectivity index (χ0n) is 8.51. The van der Waals surface area contributed by atoms with E-state index in [0.29, 0.717) is 12.3 Å². The molecule has 3 atom stereocenters. The summed E-state index contributed by atoms with van der Waals surface area (Å²) in [4.78, 5) is 11.1. The second-order valence-electron chi connectivity index (χ2n) is 4.82. The van der Waals surface area contributed by atoms with Crippen LogP contribution in [0.2, 0.25) is 0 Å². The second kappa shape index (κ2) is 3.00. The third kappa shape index (κ3) is 1.47. The highest BCUT2D eigenvalue weighted by molar-refractivity contribution is 5.72. The molecule has 13 heavy (non-hydrogen) atoms. The Bertz CT molecular complexity index is 224. The number of rotatable bonds is 0. The summed E-state index contributed by atoms with van der Waals surface area (Å²) in [5, 5.41) is 0. The smallest absolute Gasteiger partial charge is 0.306 e. The van der Waals surface area contributed by atoms with E-state index in [9.17, 15) is 4.79 Å². The molecule has 0 amide bonds. The lowest BCUT2D eigenvalue weighted by atomic mass is 9.71. The molecule has 1 aliphatic heterocycles. The van der Waals surface area contributed by atoms with Crippen LogP contribution in [0.25, 0.3) is 0 Å². The number of carbonyl (C=O) groups excluding carboxylic acids is 1. The first-order valence-electron chi connectivity index (χ1n) is 5.34. The normalized spacial score (nSPS) is 45.2. The van der Waals surface area contributed by atoms with Crippen LogP contribution in [0.4, 0.5) is 0 Å². The lowest BCUT2D eigenvalue weighted by Crippen LogP contribution is -2.40. The van der Waals surface area contributed by atoms with Crippen LogP contribution in [0, 0.1) is 11.8 Å². The molecule has 3 unspecified atom stereocenters. The van der Waals surface area contributed by atoms with E-state index in [1.54, 1.807) is 0 Å². The predicted molar refractivity (Wildman–Crippen MR) is 50.2 cm³/mol. The lowest BCUT2D eigenvalue weighted by Gasteiger charge is -2.40. The van der Waals surface area contributed by atoms with Crippen molar-refractivity contribution < 1.29 is 9.53 Å². The van der Waals surface area contributed by atoms with Gasteiger partial charge in [-0.05, 0) is 37.5 Å². The Kier molecular flexibility index (Phi) is 2.09. The first kappa shape index (κ1) is 9.04. The maximum Gasteiger partial charge on any atom is 0.306 e. The van der Waals surface area contributed by atoms with E-state index in [-0.39, 0.29) is 11.6 Å². The van der Waals surface area contributed by atoms with Gasteiger partial charge in [0.1, 0.15) is 5.60 Å². The Morgan fingerprint density at radius 1 is 1.38 bits per heavy atom. The SMILES string of the molecule is CC1CCC2(CCC(=O)O2)C(C)C1. The number of ether oxygens (including phenoxy) is 1. The number of hydrogen-bond acceptors (Lipinski definition) is 2. The molecule has 2 nitrogen and oxygen atoms in total. The molecule has 2 fully saturated rings. The van der Waals surface area contributed by atoms with Crippen LogP contribution in [-0.4, -0.2) is 11.6 Å². The number of esters is 1. The van der Waals surface area contributed by atoms with Crippen LogP contribution in [0.5, 0.6) is 0 Å². The molecule has 1 heterocycles. The van der Waals surface area contributed by atoms with Gasteiger partial charge in [0, 0.05) is 6.42 Å². The van der Waals surface area contributed by atoms with Gasteiger partial charge in [0.05, 0.1) is 0 Å². The van der Waals surface area contributed by atoms with E-state index in [2.05, 4.69) is 13.8 Å². The van der Waals surface area contributed by atoms with Crippen molar-refractivity contribution in [2.75, 3.05) is 0 Å². The quantitative estimate of drug-likeness (QED) is 0.538. The van der Waals surface area contributed by atoms with Crippen molar-refractivity contribution in [2.45, 2.75) is 51.6 Å². The van der Waals surface area contributed by atoms with Crippen molar-refractivity contribution in [3.63, 3.8) is 0 Å². The third-order valence-electron chi connectivity index (χ3n) is 3.78. The summed E-state index contributed by atoms with van der Waals surface area (Å²) in [6, 6.07) is 0. The maximum absolute atomic E-state index is 11.1. The van der Waals surface area contributed by atoms with Crippen molar-refractivity contribution in [1.82, 2.24) is 0 Å². The summed E-state index contributed by atoms with van der Waals surface area (Å²) in [6.07, 6.45) is 5.12. The van der Waals surface area contributed by atoms with Crippen molar-refractivity contribution in [2.24, 2.45) is 11.8 Å². The molecule has 2 aliphatic rings. The van der Waals surface area contributed by atoms with E-state index < -0.39 is 0 Å². The Hall–Kier alpha value is -0.530. The zero-order chi connectivity index (χ0) is 9.47. The molecular formula is C11H18O2. The largest absolute Gasteiger partial charge is 0.459 e. The van der Waals surface area contributed by atoms with Crippen molar-refractivity contribution in [3.05, 3.63) is 0 Å². The second-order valence-corrected chi connectivity index (χ2v) is 4.82. The fourth-order valence-corrected chi connectivity index (χ4v) is 2.84. The van der Waals surface area contributed by atoms with Gasteiger partial charge in [-0.3, -0.25) is 4.79 Å². The fraction of sp³-hybridized carbons (Fsp3) is 0.909. The Labute approximate surface area is 79.7 Å². The monoisotopic (exact) mass is 182 g/mol. The van der Waals surface area contributed by atoms with Crippen molar-refractivity contribution in [3.8, 4) is 0 Å². The van der Waals surface area contributed by atoms with Crippen LogP contribution in [-0.2, 0) is 9.53 Å². The third-order valence-corrected chi connectivity index (χ3v) is 3.78. The van der Waals surface area contributed by atoms with E-state index in [1.165, 1.54) is 12.8 Å². The van der Waals surface area contributed by atoms with E-state index in [1.807, 2.05) is 0 Å². The average Bonchev–Trinajstić information content (AvgIpc) is 2.43. The van der Waals surface area contributed by atoms with Crippen molar-refractivity contribution >= 4 is 5.97 Å². The Morgan fingerprint density at radius 2 is 2.15 bits per heavy atom. The van der Waals surface area contributed by atoms with Crippen molar-refractivity contribution in [1.29, 1.82) is 0 Å². The summed E-state index contributed by atoms with van der Waals surface area (Å²) in [5.74, 6) is 1.38. The molecule has 0 aromatic rings. The highest BCUT2D eigenvalue weighted by Gasteiger charge is 2.47. The summed E-state index contributed by atoms with van der Waals surface area (Å²) >= 11 is 0. The van der Waals surface area contributed by atoms with Gasteiger partial charge in [0.15, 0.2) is 0 Å². The van der Waals surface area contributed by atoms with Gasteiger partial charge in [-0.15, -0.1) is 0 Å². The first-order valence-corrected chi connectivity index (χ1v) is 5.34. The van der Waals surface area contributed by atoms with Gasteiger partial charge in [-0.25, -0.2) is 0 Å². The lowest BCUT2D eigenvalue weighted by molar-refractivity contribution is -0.156. The zero-order valence-corrected chi connectivity index (χ0v) is 8.51. The molecule has 0 aromatic heterocycles. The van der Waals surface area contributed by atoms with E-state index in [0.717, 1.165) is 18.8 Å². The Morgan fingerprint density at radius 3 is 2.69 bits per heavy atom. The summed E-state index contributed by atoms with van der Waals surface area (Å²) in [5.41, 5.74) is -0.0659. The van der Waals surface area contributed by atoms with Gasteiger partial charge >= 0.3 is 5.97 Å². The molecule has 0 radical (unpaired) electrons. The first-order chi connectivity index (χ1) is 6.12. The van der Waals surface area contributed by atoms with Crippen LogP contribution in [0.1, 0.15) is 46.0 Å². The van der Waals surface area contributed by atoms with Gasteiger partial charge < -0.3 is 4.74 Å². The van der Waals surface area contributed by atoms with Gasteiger partial charge in [-0.2, -0.15) is 0 Å². The highest BCUT2D eigenvalue weighted by Crippen LogP contribution is 2.45.